The summed E-state index contributed by atoms with van der Waals surface area (Å²) < 4.78 is 19.8. The van der Waals surface area contributed by atoms with Crippen LogP contribution in [0.2, 0.25) is 5.02 Å². The van der Waals surface area contributed by atoms with Gasteiger partial charge in [0.25, 0.3) is 5.91 Å². The summed E-state index contributed by atoms with van der Waals surface area (Å²) in [5, 5.41) is 5.17. The van der Waals surface area contributed by atoms with Crippen molar-refractivity contribution in [2.24, 2.45) is 5.10 Å². The first-order valence-electron chi connectivity index (χ1n) is 9.10. The van der Waals surface area contributed by atoms with Gasteiger partial charge in [-0.1, -0.05) is 41.9 Å². The third-order valence-electron chi connectivity index (χ3n) is 4.31. The van der Waals surface area contributed by atoms with Crippen molar-refractivity contribution in [1.29, 1.82) is 0 Å². The van der Waals surface area contributed by atoms with Gasteiger partial charge in [0.15, 0.2) is 0 Å². The highest BCUT2D eigenvalue weighted by Gasteiger charge is 2.16. The van der Waals surface area contributed by atoms with Gasteiger partial charge in [-0.05, 0) is 48.0 Å². The van der Waals surface area contributed by atoms with Crippen molar-refractivity contribution >= 4 is 51.1 Å². The van der Waals surface area contributed by atoms with E-state index in [4.69, 9.17) is 16.3 Å². The van der Waals surface area contributed by atoms with Crippen molar-refractivity contribution in [1.82, 2.24) is 5.43 Å². The van der Waals surface area contributed by atoms with E-state index in [0.717, 1.165) is 10.1 Å². The number of rotatable bonds is 5. The predicted octanol–water partition coefficient (Wildman–Crippen LogP) is 5.68. The Balaban J connectivity index is 1.38. The smallest absolute Gasteiger partial charge is 0.346 e. The zero-order valence-electron chi connectivity index (χ0n) is 15.8. The number of thiophene rings is 1. The zero-order valence-corrected chi connectivity index (χ0v) is 17.4. The molecule has 0 radical (unpaired) electrons. The number of halogens is 2. The molecule has 0 atom stereocenters. The van der Waals surface area contributed by atoms with Crippen molar-refractivity contribution in [3.63, 3.8) is 0 Å². The molecular formula is C23H14ClFN2O3S. The maximum atomic E-state index is 13.7. The molecule has 31 heavy (non-hydrogen) atoms. The first kappa shape index (κ1) is 20.7. The first-order valence-corrected chi connectivity index (χ1v) is 10.3. The lowest BCUT2D eigenvalue weighted by atomic mass is 10.2. The van der Waals surface area contributed by atoms with Gasteiger partial charge in [-0.3, -0.25) is 4.79 Å². The Hall–Kier alpha value is -3.55. The molecule has 8 heteroatoms. The second-order valence-electron chi connectivity index (χ2n) is 6.38. The van der Waals surface area contributed by atoms with Crippen LogP contribution in [0, 0.1) is 5.82 Å². The van der Waals surface area contributed by atoms with Crippen molar-refractivity contribution in [2.45, 2.75) is 0 Å². The van der Waals surface area contributed by atoms with E-state index in [9.17, 15) is 14.0 Å². The Bertz CT molecular complexity index is 1300. The van der Waals surface area contributed by atoms with Crippen LogP contribution in [0.5, 0.6) is 5.75 Å². The minimum absolute atomic E-state index is 0.143. The average molecular weight is 453 g/mol. The summed E-state index contributed by atoms with van der Waals surface area (Å²) in [6, 6.07) is 19.5. The Morgan fingerprint density at radius 3 is 2.45 bits per heavy atom. The maximum absolute atomic E-state index is 13.7. The molecule has 1 aromatic heterocycles. The highest BCUT2D eigenvalue weighted by Crippen LogP contribution is 2.34. The van der Waals surface area contributed by atoms with Gasteiger partial charge < -0.3 is 4.74 Å². The molecule has 0 aliphatic carbocycles. The SMILES string of the molecule is O=C(Oc1ccc(/C=N\NC(=O)c2sc3ccccc3c2Cl)cc1)c1ccccc1F. The van der Waals surface area contributed by atoms with Crippen molar-refractivity contribution < 1.29 is 18.7 Å². The lowest BCUT2D eigenvalue weighted by Crippen LogP contribution is -2.16. The van der Waals surface area contributed by atoms with E-state index in [2.05, 4.69) is 10.5 Å². The maximum Gasteiger partial charge on any atom is 0.346 e. The molecule has 1 amide bonds. The highest BCUT2D eigenvalue weighted by molar-refractivity contribution is 7.21. The van der Waals surface area contributed by atoms with E-state index < -0.39 is 17.7 Å². The van der Waals surface area contributed by atoms with Gasteiger partial charge in [-0.2, -0.15) is 5.10 Å². The fourth-order valence-electron chi connectivity index (χ4n) is 2.79. The number of fused-ring (bicyclic) bond motifs is 1. The second kappa shape index (κ2) is 9.07. The zero-order chi connectivity index (χ0) is 21.8. The van der Waals surface area contributed by atoms with Gasteiger partial charge in [0.1, 0.15) is 16.4 Å². The molecule has 4 rings (SSSR count). The van der Waals surface area contributed by atoms with Gasteiger partial charge in [-0.15, -0.1) is 11.3 Å². The molecule has 1 heterocycles. The Morgan fingerprint density at radius 2 is 1.71 bits per heavy atom. The van der Waals surface area contributed by atoms with Crippen LogP contribution in [0.3, 0.4) is 0 Å². The standard InChI is InChI=1S/C23H14ClFN2O3S/c24-20-17-6-2-4-8-19(17)31-21(20)22(28)27-26-13-14-9-11-15(12-10-14)30-23(29)16-5-1-3-7-18(16)25/h1-13H,(H,27,28)/b26-13-. The molecule has 0 saturated carbocycles. The lowest BCUT2D eigenvalue weighted by molar-refractivity contribution is 0.0729. The van der Waals surface area contributed by atoms with E-state index in [1.807, 2.05) is 24.3 Å². The second-order valence-corrected chi connectivity index (χ2v) is 7.81. The first-order chi connectivity index (χ1) is 15.0. The number of hydrazone groups is 1. The molecule has 154 valence electrons. The topological polar surface area (TPSA) is 67.8 Å². The normalized spacial score (nSPS) is 11.0. The molecule has 0 spiro atoms. The Kier molecular flexibility index (Phi) is 6.06. The van der Waals surface area contributed by atoms with Gasteiger partial charge in [-0.25, -0.2) is 14.6 Å². The third-order valence-corrected chi connectivity index (χ3v) is 5.98. The fraction of sp³-hybridized carbons (Fsp3) is 0. The number of carbonyl (C=O) groups is 2. The van der Waals surface area contributed by atoms with E-state index in [-0.39, 0.29) is 11.3 Å². The molecule has 0 bridgehead atoms. The quantitative estimate of drug-likeness (QED) is 0.183. The minimum Gasteiger partial charge on any atom is -0.423 e. The molecule has 0 aliphatic rings. The number of amides is 1. The van der Waals surface area contributed by atoms with Crippen LogP contribution in [-0.4, -0.2) is 18.1 Å². The summed E-state index contributed by atoms with van der Waals surface area (Å²) in [6.07, 6.45) is 1.45. The molecule has 0 saturated heterocycles. The molecule has 0 fully saturated rings. The monoisotopic (exact) mass is 452 g/mol. The summed E-state index contributed by atoms with van der Waals surface area (Å²) in [5.74, 6) is -1.58. The van der Waals surface area contributed by atoms with Gasteiger partial charge in [0.05, 0.1) is 16.8 Å². The summed E-state index contributed by atoms with van der Waals surface area (Å²) in [7, 11) is 0. The number of nitrogens with zero attached hydrogens (tertiary/aromatic N) is 1. The van der Waals surface area contributed by atoms with Crippen molar-refractivity contribution in [3.05, 3.63) is 99.6 Å². The van der Waals surface area contributed by atoms with E-state index in [1.54, 1.807) is 30.3 Å². The van der Waals surface area contributed by atoms with Crippen LogP contribution in [0.1, 0.15) is 25.6 Å². The van der Waals surface area contributed by atoms with Crippen LogP contribution in [0.4, 0.5) is 4.39 Å². The average Bonchev–Trinajstić information content (AvgIpc) is 3.12. The Morgan fingerprint density at radius 1 is 1.00 bits per heavy atom. The number of ether oxygens (including phenoxy) is 1. The van der Waals surface area contributed by atoms with Gasteiger partial charge in [0, 0.05) is 10.1 Å². The summed E-state index contributed by atoms with van der Waals surface area (Å²) >= 11 is 7.59. The largest absolute Gasteiger partial charge is 0.423 e. The highest BCUT2D eigenvalue weighted by atomic mass is 35.5. The van der Waals surface area contributed by atoms with Crippen LogP contribution < -0.4 is 10.2 Å². The molecule has 5 nitrogen and oxygen atoms in total. The van der Waals surface area contributed by atoms with Crippen LogP contribution >= 0.6 is 22.9 Å². The summed E-state index contributed by atoms with van der Waals surface area (Å²) in [5.41, 5.74) is 2.97. The number of esters is 1. The van der Waals surface area contributed by atoms with Crippen LogP contribution in [0.25, 0.3) is 10.1 Å². The fourth-order valence-corrected chi connectivity index (χ4v) is 4.19. The van der Waals surface area contributed by atoms with Crippen molar-refractivity contribution in [3.8, 4) is 5.75 Å². The van der Waals surface area contributed by atoms with E-state index in [0.29, 0.717) is 15.5 Å². The lowest BCUT2D eigenvalue weighted by Gasteiger charge is -2.05. The van der Waals surface area contributed by atoms with Gasteiger partial charge >= 0.3 is 5.97 Å². The number of hydrogen-bond donors (Lipinski definition) is 1. The molecule has 3 aromatic carbocycles. The summed E-state index contributed by atoms with van der Waals surface area (Å²) in [6.45, 7) is 0. The Labute approximate surface area is 185 Å². The van der Waals surface area contributed by atoms with Crippen LogP contribution in [-0.2, 0) is 0 Å². The van der Waals surface area contributed by atoms with E-state index >= 15 is 0 Å². The third kappa shape index (κ3) is 4.63. The molecule has 4 aromatic rings. The van der Waals surface area contributed by atoms with Gasteiger partial charge in [0.2, 0.25) is 0 Å². The predicted molar refractivity (Wildman–Crippen MR) is 120 cm³/mol. The van der Waals surface area contributed by atoms with E-state index in [1.165, 1.54) is 35.8 Å². The summed E-state index contributed by atoms with van der Waals surface area (Å²) in [4.78, 5) is 24.8. The number of hydrogen-bond acceptors (Lipinski definition) is 5. The molecule has 0 aliphatic heterocycles. The molecular weight excluding hydrogens is 439 g/mol. The molecule has 0 unspecified atom stereocenters. The molecule has 1 N–H and O–H groups in total. The minimum atomic E-state index is -0.785. The van der Waals surface area contributed by atoms with Crippen LogP contribution in [0.15, 0.2) is 77.9 Å². The number of benzene rings is 3. The van der Waals surface area contributed by atoms with Crippen molar-refractivity contribution in [2.75, 3.05) is 0 Å². The number of carbonyl (C=O) groups excluding carboxylic acids is 2. The number of nitrogens with one attached hydrogen (secondary N) is 1.